The lowest BCUT2D eigenvalue weighted by Crippen LogP contribution is -1.88. The van der Waals surface area contributed by atoms with Gasteiger partial charge in [-0.2, -0.15) is 0 Å². The normalized spacial score (nSPS) is 10.2. The van der Waals surface area contributed by atoms with Gasteiger partial charge in [-0.15, -0.1) is 0 Å². The molecule has 0 saturated carbocycles. The Hall–Kier alpha value is -1.13. The molecule has 0 saturated heterocycles. The van der Waals surface area contributed by atoms with Crippen molar-refractivity contribution in [2.24, 2.45) is 0 Å². The van der Waals surface area contributed by atoms with Gasteiger partial charge in [-0.1, -0.05) is 11.6 Å². The van der Waals surface area contributed by atoms with E-state index in [-0.39, 0.29) is 5.82 Å². The fourth-order valence-corrected chi connectivity index (χ4v) is 1.60. The van der Waals surface area contributed by atoms with Crippen LogP contribution in [0.15, 0.2) is 41.1 Å². The number of benzene rings is 1. The molecule has 0 amide bonds. The van der Waals surface area contributed by atoms with Gasteiger partial charge in [-0.05, 0) is 28.1 Å². The Bertz CT molecular complexity index is 521. The van der Waals surface area contributed by atoms with Crippen LogP contribution in [0.2, 0.25) is 5.02 Å². The van der Waals surface area contributed by atoms with Gasteiger partial charge in [-0.3, -0.25) is 4.98 Å². The third kappa shape index (κ3) is 2.51. The van der Waals surface area contributed by atoms with Gasteiger partial charge < -0.3 is 4.74 Å². The maximum Gasteiger partial charge on any atom is 0.149 e. The van der Waals surface area contributed by atoms with E-state index in [0.717, 1.165) is 0 Å². The van der Waals surface area contributed by atoms with Crippen molar-refractivity contribution in [3.63, 3.8) is 0 Å². The van der Waals surface area contributed by atoms with E-state index >= 15 is 0 Å². The summed E-state index contributed by atoms with van der Waals surface area (Å²) in [6, 6.07) is 5.80. The third-order valence-corrected chi connectivity index (χ3v) is 2.79. The number of nitrogens with zero attached hydrogens (tertiary/aromatic N) is 1. The zero-order chi connectivity index (χ0) is 11.5. The number of aromatic nitrogens is 1. The van der Waals surface area contributed by atoms with Crippen molar-refractivity contribution < 1.29 is 9.13 Å². The summed E-state index contributed by atoms with van der Waals surface area (Å²) in [4.78, 5) is 3.83. The Morgan fingerprint density at radius 3 is 2.81 bits per heavy atom. The zero-order valence-electron chi connectivity index (χ0n) is 7.95. The lowest BCUT2D eigenvalue weighted by Gasteiger charge is -2.08. The molecule has 1 aromatic carbocycles. The van der Waals surface area contributed by atoms with Crippen molar-refractivity contribution in [3.8, 4) is 11.5 Å². The van der Waals surface area contributed by atoms with Crippen molar-refractivity contribution in [2.75, 3.05) is 0 Å². The highest BCUT2D eigenvalue weighted by Crippen LogP contribution is 2.33. The zero-order valence-corrected chi connectivity index (χ0v) is 10.3. The standard InChI is InChI=1S/C11H6BrClFNO/c12-8-2-1-7(14)5-11(8)16-10-3-4-15-6-9(10)13/h1-6H. The quantitative estimate of drug-likeness (QED) is 0.819. The van der Waals surface area contributed by atoms with Crippen molar-refractivity contribution in [1.82, 2.24) is 4.98 Å². The van der Waals surface area contributed by atoms with Crippen LogP contribution in [-0.2, 0) is 0 Å². The Morgan fingerprint density at radius 2 is 2.06 bits per heavy atom. The summed E-state index contributed by atoms with van der Waals surface area (Å²) in [6.07, 6.45) is 3.01. The molecular weight excluding hydrogens is 296 g/mol. The van der Waals surface area contributed by atoms with Crippen molar-refractivity contribution in [1.29, 1.82) is 0 Å². The molecule has 0 radical (unpaired) electrons. The fourth-order valence-electron chi connectivity index (χ4n) is 1.12. The predicted octanol–water partition coefficient (Wildman–Crippen LogP) is 4.43. The first-order valence-electron chi connectivity index (χ1n) is 4.39. The largest absolute Gasteiger partial charge is 0.454 e. The number of ether oxygens (including phenoxy) is 1. The maximum absolute atomic E-state index is 13.0. The highest BCUT2D eigenvalue weighted by atomic mass is 79.9. The molecule has 0 fully saturated rings. The molecule has 0 aliphatic rings. The van der Waals surface area contributed by atoms with Crippen molar-refractivity contribution in [3.05, 3.63) is 52.0 Å². The lowest BCUT2D eigenvalue weighted by molar-refractivity contribution is 0.473. The minimum atomic E-state index is -0.372. The number of halogens is 3. The topological polar surface area (TPSA) is 22.1 Å². The van der Waals surface area contributed by atoms with Gasteiger partial charge in [0.1, 0.15) is 22.3 Å². The molecule has 2 nitrogen and oxygen atoms in total. The Kier molecular flexibility index (Phi) is 3.41. The molecule has 0 atom stereocenters. The molecule has 1 aromatic heterocycles. The molecule has 0 N–H and O–H groups in total. The summed E-state index contributed by atoms with van der Waals surface area (Å²) in [6.45, 7) is 0. The van der Waals surface area contributed by atoms with Crippen LogP contribution in [0, 0.1) is 5.82 Å². The van der Waals surface area contributed by atoms with Crippen LogP contribution < -0.4 is 4.74 Å². The van der Waals surface area contributed by atoms with E-state index < -0.39 is 0 Å². The Balaban J connectivity index is 2.34. The minimum absolute atomic E-state index is 0.369. The molecule has 0 aliphatic heterocycles. The van der Waals surface area contributed by atoms with Gasteiger partial charge in [0.25, 0.3) is 0 Å². The van der Waals surface area contributed by atoms with E-state index in [2.05, 4.69) is 20.9 Å². The third-order valence-electron chi connectivity index (χ3n) is 1.85. The van der Waals surface area contributed by atoms with Crippen LogP contribution in [0.4, 0.5) is 4.39 Å². The van der Waals surface area contributed by atoms with E-state index in [1.54, 1.807) is 18.3 Å². The molecular formula is C11H6BrClFNO. The van der Waals surface area contributed by atoms with E-state index in [1.807, 2.05) is 0 Å². The highest BCUT2D eigenvalue weighted by molar-refractivity contribution is 9.10. The van der Waals surface area contributed by atoms with Crippen LogP contribution in [0.25, 0.3) is 0 Å². The molecule has 0 aliphatic carbocycles. The first-order chi connectivity index (χ1) is 7.66. The molecule has 0 unspecified atom stereocenters. The SMILES string of the molecule is Fc1ccc(Br)c(Oc2ccncc2Cl)c1. The molecule has 82 valence electrons. The highest BCUT2D eigenvalue weighted by Gasteiger charge is 2.07. The molecule has 2 aromatic rings. The molecule has 0 spiro atoms. The second-order valence-electron chi connectivity index (χ2n) is 2.98. The van der Waals surface area contributed by atoms with Gasteiger partial charge >= 0.3 is 0 Å². The average molecular weight is 303 g/mol. The minimum Gasteiger partial charge on any atom is -0.454 e. The van der Waals surface area contributed by atoms with Gasteiger partial charge in [-0.25, -0.2) is 4.39 Å². The van der Waals surface area contributed by atoms with Crippen LogP contribution >= 0.6 is 27.5 Å². The smallest absolute Gasteiger partial charge is 0.149 e. The van der Waals surface area contributed by atoms with E-state index in [0.29, 0.717) is 21.0 Å². The predicted molar refractivity (Wildman–Crippen MR) is 63.4 cm³/mol. The summed E-state index contributed by atoms with van der Waals surface area (Å²) in [5.41, 5.74) is 0. The van der Waals surface area contributed by atoms with E-state index in [4.69, 9.17) is 16.3 Å². The molecule has 5 heteroatoms. The van der Waals surface area contributed by atoms with Gasteiger partial charge in [0.15, 0.2) is 0 Å². The molecule has 2 rings (SSSR count). The Morgan fingerprint density at radius 1 is 1.25 bits per heavy atom. The lowest BCUT2D eigenvalue weighted by atomic mass is 10.3. The second kappa shape index (κ2) is 4.80. The van der Waals surface area contributed by atoms with Gasteiger partial charge in [0, 0.05) is 24.5 Å². The van der Waals surface area contributed by atoms with Crippen molar-refractivity contribution in [2.45, 2.75) is 0 Å². The molecule has 0 bridgehead atoms. The summed E-state index contributed by atoms with van der Waals surface area (Å²) < 4.78 is 19.1. The first-order valence-corrected chi connectivity index (χ1v) is 5.56. The number of rotatable bonds is 2. The number of hydrogen-bond acceptors (Lipinski definition) is 2. The summed E-state index contributed by atoms with van der Waals surface area (Å²) in [5, 5.41) is 0.374. The van der Waals surface area contributed by atoms with Crippen LogP contribution in [0.5, 0.6) is 11.5 Å². The van der Waals surface area contributed by atoms with Crippen LogP contribution in [0.3, 0.4) is 0 Å². The monoisotopic (exact) mass is 301 g/mol. The van der Waals surface area contributed by atoms with E-state index in [9.17, 15) is 4.39 Å². The first kappa shape index (κ1) is 11.4. The number of pyridine rings is 1. The average Bonchev–Trinajstić information content (AvgIpc) is 2.27. The van der Waals surface area contributed by atoms with E-state index in [1.165, 1.54) is 18.3 Å². The van der Waals surface area contributed by atoms with Crippen LogP contribution in [-0.4, -0.2) is 4.98 Å². The molecule has 1 heterocycles. The van der Waals surface area contributed by atoms with Crippen molar-refractivity contribution >= 4 is 27.5 Å². The fraction of sp³-hybridized carbons (Fsp3) is 0. The summed E-state index contributed by atoms with van der Waals surface area (Å²) in [5.74, 6) is 0.430. The summed E-state index contributed by atoms with van der Waals surface area (Å²) >= 11 is 9.13. The Labute approximate surface area is 105 Å². The number of hydrogen-bond donors (Lipinski definition) is 0. The van der Waals surface area contributed by atoms with Gasteiger partial charge in [0.05, 0.1) is 4.47 Å². The second-order valence-corrected chi connectivity index (χ2v) is 4.24. The summed E-state index contributed by atoms with van der Waals surface area (Å²) in [7, 11) is 0. The van der Waals surface area contributed by atoms with Gasteiger partial charge in [0.2, 0.25) is 0 Å². The maximum atomic E-state index is 13.0. The van der Waals surface area contributed by atoms with Crippen LogP contribution in [0.1, 0.15) is 0 Å². The molecule has 16 heavy (non-hydrogen) atoms.